The fourth-order valence-corrected chi connectivity index (χ4v) is 4.90. The van der Waals surface area contributed by atoms with Gasteiger partial charge in [-0.1, -0.05) is 6.07 Å². The van der Waals surface area contributed by atoms with Crippen LogP contribution in [0.3, 0.4) is 0 Å². The molecule has 1 saturated heterocycles. The Bertz CT molecular complexity index is 667. The fraction of sp³-hybridized carbons (Fsp3) is 0.650. The number of fused-ring (bicyclic) bond motifs is 1. The van der Waals surface area contributed by atoms with Crippen molar-refractivity contribution < 1.29 is 14.3 Å². The molecule has 3 aliphatic rings. The Labute approximate surface area is 144 Å². The molecular weight excluding hydrogens is 302 g/mol. The number of ether oxygens (including phenoxy) is 2. The third-order valence-electron chi connectivity index (χ3n) is 6.45. The lowest BCUT2D eigenvalue weighted by Gasteiger charge is -2.41. The van der Waals surface area contributed by atoms with E-state index in [9.17, 15) is 4.79 Å². The van der Waals surface area contributed by atoms with E-state index in [0.29, 0.717) is 30.6 Å². The molecule has 2 aliphatic carbocycles. The summed E-state index contributed by atoms with van der Waals surface area (Å²) in [5, 5.41) is 0. The molecular formula is C20H27NO3. The number of Topliss-reactive ketones (excluding diaryl/α,β-unsaturated/α-hetero) is 1. The van der Waals surface area contributed by atoms with Gasteiger partial charge in [0.1, 0.15) is 5.78 Å². The zero-order valence-corrected chi connectivity index (χ0v) is 14.9. The molecule has 24 heavy (non-hydrogen) atoms. The molecule has 4 heteroatoms. The van der Waals surface area contributed by atoms with Crippen LogP contribution in [-0.4, -0.2) is 44.5 Å². The molecule has 0 aromatic heterocycles. The Kier molecular flexibility index (Phi) is 3.83. The van der Waals surface area contributed by atoms with Crippen LogP contribution in [0.25, 0.3) is 0 Å². The maximum Gasteiger partial charge on any atom is 0.164 e. The van der Waals surface area contributed by atoms with Crippen molar-refractivity contribution in [2.24, 2.45) is 0 Å². The van der Waals surface area contributed by atoms with Crippen molar-refractivity contribution in [3.8, 4) is 11.5 Å². The highest BCUT2D eigenvalue weighted by molar-refractivity contribution is 5.81. The number of nitrogens with zero attached hydrogens (tertiary/aromatic N) is 1. The van der Waals surface area contributed by atoms with Gasteiger partial charge in [-0.2, -0.15) is 0 Å². The zero-order valence-electron chi connectivity index (χ0n) is 14.9. The minimum Gasteiger partial charge on any atom is -0.493 e. The maximum absolute atomic E-state index is 12.1. The molecule has 2 saturated carbocycles. The van der Waals surface area contributed by atoms with E-state index in [-0.39, 0.29) is 5.41 Å². The summed E-state index contributed by atoms with van der Waals surface area (Å²) < 4.78 is 11.3. The Morgan fingerprint density at radius 2 is 1.96 bits per heavy atom. The van der Waals surface area contributed by atoms with E-state index in [1.54, 1.807) is 14.2 Å². The molecule has 3 fully saturated rings. The number of likely N-dealkylation sites (N-methyl/N-ethyl adjacent to an activating group) is 1. The number of ketones is 1. The third-order valence-corrected chi connectivity index (χ3v) is 6.45. The van der Waals surface area contributed by atoms with Gasteiger partial charge in [-0.15, -0.1) is 0 Å². The van der Waals surface area contributed by atoms with Crippen molar-refractivity contribution in [3.05, 3.63) is 23.3 Å². The molecule has 0 bridgehead atoms. The van der Waals surface area contributed by atoms with Gasteiger partial charge in [0, 0.05) is 29.9 Å². The molecule has 1 aromatic carbocycles. The SMILES string of the molecule is COc1cc([C@@]23CCC(=O)C[C@@H]2N(C)CC3)cc(C2CC2)c1OC. The van der Waals surface area contributed by atoms with Gasteiger partial charge in [-0.05, 0) is 56.8 Å². The standard InChI is InChI=1S/C20H27NO3/c1-21-9-8-20(7-6-15(22)12-18(20)21)14-10-16(13-4-5-13)19(24-3)17(11-14)23-2/h10-11,13,18H,4-9,12H2,1-3H3/t18-,20-/m0/s1. The molecule has 1 aliphatic heterocycles. The minimum absolute atomic E-state index is 0.0891. The van der Waals surface area contributed by atoms with Crippen LogP contribution in [0, 0.1) is 0 Å². The van der Waals surface area contributed by atoms with Gasteiger partial charge in [0.05, 0.1) is 14.2 Å². The second-order valence-electron chi connectivity index (χ2n) is 7.72. The van der Waals surface area contributed by atoms with Gasteiger partial charge < -0.3 is 14.4 Å². The van der Waals surface area contributed by atoms with Crippen molar-refractivity contribution in [1.82, 2.24) is 4.90 Å². The smallest absolute Gasteiger partial charge is 0.164 e. The lowest BCUT2D eigenvalue weighted by molar-refractivity contribution is -0.122. The van der Waals surface area contributed by atoms with Crippen LogP contribution in [0.1, 0.15) is 55.6 Å². The van der Waals surface area contributed by atoms with Crippen molar-refractivity contribution in [1.29, 1.82) is 0 Å². The number of carbonyl (C=O) groups excluding carboxylic acids is 1. The van der Waals surface area contributed by atoms with Crippen molar-refractivity contribution in [3.63, 3.8) is 0 Å². The predicted molar refractivity (Wildman–Crippen MR) is 93.1 cm³/mol. The Morgan fingerprint density at radius 1 is 1.17 bits per heavy atom. The van der Waals surface area contributed by atoms with E-state index in [0.717, 1.165) is 30.9 Å². The summed E-state index contributed by atoms with van der Waals surface area (Å²) in [6, 6.07) is 4.86. The van der Waals surface area contributed by atoms with E-state index >= 15 is 0 Å². The van der Waals surface area contributed by atoms with E-state index < -0.39 is 0 Å². The van der Waals surface area contributed by atoms with Gasteiger partial charge in [-0.25, -0.2) is 0 Å². The molecule has 0 unspecified atom stereocenters. The molecule has 130 valence electrons. The Balaban J connectivity index is 1.83. The van der Waals surface area contributed by atoms with E-state index in [1.807, 2.05) is 0 Å². The van der Waals surface area contributed by atoms with Gasteiger partial charge in [-0.3, -0.25) is 4.79 Å². The van der Waals surface area contributed by atoms with Gasteiger partial charge in [0.15, 0.2) is 11.5 Å². The van der Waals surface area contributed by atoms with Crippen molar-refractivity contribution >= 4 is 5.78 Å². The molecule has 4 nitrogen and oxygen atoms in total. The highest BCUT2D eigenvalue weighted by atomic mass is 16.5. The van der Waals surface area contributed by atoms with Crippen LogP contribution in [0.4, 0.5) is 0 Å². The Morgan fingerprint density at radius 3 is 2.62 bits per heavy atom. The summed E-state index contributed by atoms with van der Waals surface area (Å²) in [6.07, 6.45) is 5.94. The van der Waals surface area contributed by atoms with E-state index in [1.165, 1.54) is 24.0 Å². The summed E-state index contributed by atoms with van der Waals surface area (Å²) in [5.41, 5.74) is 2.74. The topological polar surface area (TPSA) is 38.8 Å². The minimum atomic E-state index is 0.0891. The van der Waals surface area contributed by atoms with Crippen LogP contribution in [0.15, 0.2) is 12.1 Å². The molecule has 0 N–H and O–H groups in total. The number of likely N-dealkylation sites (tertiary alicyclic amines) is 1. The average Bonchev–Trinajstić information content (AvgIpc) is 3.39. The van der Waals surface area contributed by atoms with Crippen LogP contribution >= 0.6 is 0 Å². The average molecular weight is 329 g/mol. The first-order valence-electron chi connectivity index (χ1n) is 9.07. The van der Waals surface area contributed by atoms with E-state index in [2.05, 4.69) is 24.1 Å². The fourth-order valence-electron chi connectivity index (χ4n) is 4.90. The lowest BCUT2D eigenvalue weighted by Crippen LogP contribution is -2.46. The van der Waals surface area contributed by atoms with Gasteiger partial charge in [0.25, 0.3) is 0 Å². The second-order valence-corrected chi connectivity index (χ2v) is 7.72. The number of benzene rings is 1. The van der Waals surface area contributed by atoms with Crippen molar-refractivity contribution in [2.45, 2.75) is 55.9 Å². The van der Waals surface area contributed by atoms with Crippen molar-refractivity contribution in [2.75, 3.05) is 27.8 Å². The number of methoxy groups -OCH3 is 2. The number of hydrogen-bond acceptors (Lipinski definition) is 4. The summed E-state index contributed by atoms with van der Waals surface area (Å²) in [7, 11) is 5.61. The van der Waals surface area contributed by atoms with Crippen LogP contribution in [0.2, 0.25) is 0 Å². The normalized spacial score (nSPS) is 30.3. The lowest BCUT2D eigenvalue weighted by atomic mass is 9.65. The number of rotatable bonds is 4. The van der Waals surface area contributed by atoms with Crippen LogP contribution in [-0.2, 0) is 10.2 Å². The quantitative estimate of drug-likeness (QED) is 0.850. The molecule has 2 atom stereocenters. The summed E-state index contributed by atoms with van der Waals surface area (Å²) in [6.45, 7) is 1.06. The zero-order chi connectivity index (χ0) is 16.9. The maximum atomic E-state index is 12.1. The largest absolute Gasteiger partial charge is 0.493 e. The molecule has 0 spiro atoms. The first-order chi connectivity index (χ1) is 11.6. The molecule has 4 rings (SSSR count). The van der Waals surface area contributed by atoms with Crippen LogP contribution in [0.5, 0.6) is 11.5 Å². The molecule has 0 radical (unpaired) electrons. The third kappa shape index (κ3) is 2.34. The molecule has 0 amide bonds. The summed E-state index contributed by atoms with van der Waals surface area (Å²) in [4.78, 5) is 14.4. The Hall–Kier alpha value is -1.55. The van der Waals surface area contributed by atoms with Gasteiger partial charge >= 0.3 is 0 Å². The van der Waals surface area contributed by atoms with Gasteiger partial charge in [0.2, 0.25) is 0 Å². The highest BCUT2D eigenvalue weighted by Crippen LogP contribution is 2.53. The molecule has 1 heterocycles. The second kappa shape index (κ2) is 5.76. The number of carbonyl (C=O) groups is 1. The van der Waals surface area contributed by atoms with E-state index in [4.69, 9.17) is 9.47 Å². The predicted octanol–water partition coefficient (Wildman–Crippen LogP) is 3.28. The summed E-state index contributed by atoms with van der Waals surface area (Å²) >= 11 is 0. The monoisotopic (exact) mass is 329 g/mol. The first-order valence-corrected chi connectivity index (χ1v) is 9.07. The number of hydrogen-bond donors (Lipinski definition) is 0. The summed E-state index contributed by atoms with van der Waals surface area (Å²) in [5.74, 6) is 2.76. The van der Waals surface area contributed by atoms with Crippen LogP contribution < -0.4 is 9.47 Å². The molecule has 1 aromatic rings. The first kappa shape index (κ1) is 15.9. The highest BCUT2D eigenvalue weighted by Gasteiger charge is 2.50.